The monoisotopic (exact) mass is 478 g/mol. The molecule has 1 aromatic rings. The predicted molar refractivity (Wildman–Crippen MR) is 125 cm³/mol. The average Bonchev–Trinajstić information content (AvgIpc) is 2.98. The van der Waals surface area contributed by atoms with Crippen LogP contribution in [0.25, 0.3) is 0 Å². The van der Waals surface area contributed by atoms with Gasteiger partial charge in [-0.3, -0.25) is 0 Å². The van der Waals surface area contributed by atoms with Crippen LogP contribution in [0.4, 0.5) is 5.82 Å². The molecular formula is C21H33B2BrN2O4. The van der Waals surface area contributed by atoms with E-state index >= 15 is 0 Å². The molecule has 2 fully saturated rings. The topological polar surface area (TPSA) is 61.8 Å². The Labute approximate surface area is 189 Å². The van der Waals surface area contributed by atoms with Crippen LogP contribution in [0.2, 0.25) is 0 Å². The van der Waals surface area contributed by atoms with Crippen molar-refractivity contribution in [3.63, 3.8) is 0 Å². The molecule has 0 spiro atoms. The highest BCUT2D eigenvalue weighted by atomic mass is 79.9. The molecule has 0 saturated carbocycles. The lowest BCUT2D eigenvalue weighted by Gasteiger charge is -2.36. The van der Waals surface area contributed by atoms with Crippen molar-refractivity contribution in [1.29, 1.82) is 0 Å². The molecule has 0 aromatic carbocycles. The summed E-state index contributed by atoms with van der Waals surface area (Å²) in [6.07, 6.45) is 2.79. The number of hydrogen-bond acceptors (Lipinski definition) is 6. The average molecular weight is 479 g/mol. The number of nitrogens with one attached hydrogen (secondary N) is 1. The summed E-state index contributed by atoms with van der Waals surface area (Å²) in [5, 5.41) is 3.35. The van der Waals surface area contributed by atoms with E-state index in [2.05, 4.69) is 53.1 Å². The number of halogens is 1. The number of hydrogen-bond donors (Lipinski definition) is 1. The molecule has 3 rings (SSSR count). The minimum absolute atomic E-state index is 0.427. The molecule has 1 aromatic heterocycles. The number of rotatable bonds is 5. The van der Waals surface area contributed by atoms with Crippen LogP contribution < -0.4 is 5.32 Å². The lowest BCUT2D eigenvalue weighted by molar-refractivity contribution is -0.00685. The van der Waals surface area contributed by atoms with Crippen LogP contribution in [0, 0.1) is 6.92 Å². The Morgan fingerprint density at radius 1 is 0.967 bits per heavy atom. The molecule has 2 aliphatic rings. The minimum Gasteiger partial charge on any atom is -0.405 e. The van der Waals surface area contributed by atoms with Crippen LogP contribution in [0.5, 0.6) is 0 Å². The first kappa shape index (κ1) is 23.8. The van der Waals surface area contributed by atoms with E-state index in [4.69, 9.17) is 18.6 Å². The standard InChI is InChI=1S/C21H33B2BrN2O4/c1-14(25-17-11-10-16(24)15(2)26-17)12-13-21(9)20(7,8)29-23(30-21)22-27-18(3,4)19(5,6)28-22/h10-12H,13H2,1-9H3,(H,25,26)/b14-12+. The highest BCUT2D eigenvalue weighted by molar-refractivity contribution is 9.10. The second-order valence-electron chi connectivity index (χ2n) is 9.95. The molecule has 1 N–H and O–H groups in total. The molecular weight excluding hydrogens is 446 g/mol. The summed E-state index contributed by atoms with van der Waals surface area (Å²) in [5.74, 6) is 0.813. The predicted octanol–water partition coefficient (Wildman–Crippen LogP) is 5.10. The van der Waals surface area contributed by atoms with Crippen LogP contribution in [-0.4, -0.2) is 41.4 Å². The van der Waals surface area contributed by atoms with Gasteiger partial charge in [-0.2, -0.15) is 0 Å². The molecule has 1 atom stereocenters. The summed E-state index contributed by atoms with van der Waals surface area (Å²) in [6, 6.07) is 3.94. The summed E-state index contributed by atoms with van der Waals surface area (Å²) in [4.78, 5) is 4.54. The van der Waals surface area contributed by atoms with Crippen LogP contribution in [0.3, 0.4) is 0 Å². The molecule has 164 valence electrons. The lowest BCUT2D eigenvalue weighted by atomic mass is 9.49. The molecule has 2 aliphatic heterocycles. The molecule has 3 heterocycles. The van der Waals surface area contributed by atoms with Crippen molar-refractivity contribution < 1.29 is 18.6 Å². The minimum atomic E-state index is -0.580. The van der Waals surface area contributed by atoms with Gasteiger partial charge in [-0.25, -0.2) is 4.98 Å². The number of aromatic nitrogens is 1. The molecule has 0 bridgehead atoms. The number of anilines is 1. The first-order valence-electron chi connectivity index (χ1n) is 10.4. The van der Waals surface area contributed by atoms with Crippen molar-refractivity contribution in [2.24, 2.45) is 0 Å². The van der Waals surface area contributed by atoms with E-state index in [1.807, 2.05) is 53.7 Å². The van der Waals surface area contributed by atoms with Gasteiger partial charge in [0.15, 0.2) is 0 Å². The third-order valence-electron chi connectivity index (χ3n) is 6.70. The molecule has 0 aliphatic carbocycles. The van der Waals surface area contributed by atoms with Gasteiger partial charge >= 0.3 is 14.0 Å². The van der Waals surface area contributed by atoms with Crippen LogP contribution in [0.15, 0.2) is 28.4 Å². The van der Waals surface area contributed by atoms with E-state index in [-0.39, 0.29) is 0 Å². The van der Waals surface area contributed by atoms with E-state index in [1.165, 1.54) is 0 Å². The Balaban J connectivity index is 1.69. The second-order valence-corrected chi connectivity index (χ2v) is 10.8. The highest BCUT2D eigenvalue weighted by Gasteiger charge is 2.64. The van der Waals surface area contributed by atoms with Gasteiger partial charge in [0.25, 0.3) is 0 Å². The number of nitrogens with zero attached hydrogens (tertiary/aromatic N) is 1. The van der Waals surface area contributed by atoms with Crippen LogP contribution >= 0.6 is 15.9 Å². The van der Waals surface area contributed by atoms with E-state index in [0.717, 1.165) is 21.7 Å². The van der Waals surface area contributed by atoms with Gasteiger partial charge in [0.2, 0.25) is 0 Å². The number of allylic oxidation sites excluding steroid dienone is 1. The molecule has 2 saturated heterocycles. The van der Waals surface area contributed by atoms with Crippen molar-refractivity contribution in [3.05, 3.63) is 34.1 Å². The zero-order chi connectivity index (χ0) is 22.5. The maximum Gasteiger partial charge on any atom is 0.489 e. The molecule has 1 unspecified atom stereocenters. The van der Waals surface area contributed by atoms with Gasteiger partial charge in [0, 0.05) is 10.2 Å². The maximum atomic E-state index is 6.40. The SMILES string of the molecule is C/C(=C\CC1(C)OB(B2OC(C)(C)C(C)(C)O2)OC1(C)C)Nc1ccc(Br)c(C)n1. The van der Waals surface area contributed by atoms with E-state index < -0.39 is 36.4 Å². The first-order valence-corrected chi connectivity index (χ1v) is 11.2. The summed E-state index contributed by atoms with van der Waals surface area (Å²) >= 11 is 3.48. The Kier molecular flexibility index (Phi) is 6.29. The second kappa shape index (κ2) is 7.93. The van der Waals surface area contributed by atoms with E-state index in [0.29, 0.717) is 6.42 Å². The van der Waals surface area contributed by atoms with E-state index in [1.54, 1.807) is 0 Å². The van der Waals surface area contributed by atoms with Crippen molar-refractivity contribution in [2.45, 2.75) is 91.1 Å². The quantitative estimate of drug-likeness (QED) is 0.594. The largest absolute Gasteiger partial charge is 0.489 e. The van der Waals surface area contributed by atoms with Crippen molar-refractivity contribution in [2.75, 3.05) is 5.32 Å². The Morgan fingerprint density at radius 2 is 1.50 bits per heavy atom. The van der Waals surface area contributed by atoms with Gasteiger partial charge < -0.3 is 23.9 Å². The Bertz CT molecular complexity index is 830. The van der Waals surface area contributed by atoms with Crippen molar-refractivity contribution in [3.8, 4) is 0 Å². The molecule has 30 heavy (non-hydrogen) atoms. The van der Waals surface area contributed by atoms with E-state index in [9.17, 15) is 0 Å². The number of aryl methyl sites for hydroxylation is 1. The summed E-state index contributed by atoms with van der Waals surface area (Å²) in [6.45, 7) is 18.3. The molecule has 9 heteroatoms. The highest BCUT2D eigenvalue weighted by Crippen LogP contribution is 2.44. The zero-order valence-corrected chi connectivity index (χ0v) is 21.1. The normalized spacial score (nSPS) is 27.6. The molecule has 6 nitrogen and oxygen atoms in total. The first-order chi connectivity index (χ1) is 13.7. The Hall–Kier alpha value is -0.860. The van der Waals surface area contributed by atoms with Crippen molar-refractivity contribution >= 4 is 35.8 Å². The fraction of sp³-hybridized carbons (Fsp3) is 0.667. The summed E-state index contributed by atoms with van der Waals surface area (Å²) in [5.41, 5.74) is 0.0493. The Morgan fingerprint density at radius 3 is 2.07 bits per heavy atom. The lowest BCUT2D eigenvalue weighted by Crippen LogP contribution is -2.44. The summed E-state index contributed by atoms with van der Waals surface area (Å²) in [7, 11) is -1.14. The van der Waals surface area contributed by atoms with Crippen LogP contribution in [0.1, 0.15) is 67.5 Å². The third kappa shape index (κ3) is 4.51. The maximum absolute atomic E-state index is 6.40. The third-order valence-corrected chi connectivity index (χ3v) is 7.54. The van der Waals surface area contributed by atoms with Crippen molar-refractivity contribution in [1.82, 2.24) is 4.98 Å². The molecule has 0 amide bonds. The summed E-state index contributed by atoms with van der Waals surface area (Å²) < 4.78 is 26.0. The zero-order valence-electron chi connectivity index (χ0n) is 19.6. The van der Waals surface area contributed by atoms with Gasteiger partial charge in [-0.05, 0) is 96.8 Å². The molecule has 0 radical (unpaired) electrons. The van der Waals surface area contributed by atoms with Gasteiger partial charge in [-0.15, -0.1) is 0 Å². The van der Waals surface area contributed by atoms with Gasteiger partial charge in [0.1, 0.15) is 5.82 Å². The van der Waals surface area contributed by atoms with Gasteiger partial charge in [-0.1, -0.05) is 6.08 Å². The van der Waals surface area contributed by atoms with Gasteiger partial charge in [0.05, 0.1) is 28.1 Å². The smallest absolute Gasteiger partial charge is 0.405 e. The fourth-order valence-corrected chi connectivity index (χ4v) is 3.68. The fourth-order valence-electron chi connectivity index (χ4n) is 3.46. The number of pyridine rings is 1. The van der Waals surface area contributed by atoms with Crippen LogP contribution in [-0.2, 0) is 18.6 Å².